The van der Waals surface area contributed by atoms with Crippen LogP contribution in [-0.4, -0.2) is 29.7 Å². The van der Waals surface area contributed by atoms with Crippen LogP contribution in [0.4, 0.5) is 0 Å². The van der Waals surface area contributed by atoms with Crippen LogP contribution in [0, 0.1) is 0 Å². The first kappa shape index (κ1) is 25.8. The average molecular weight is 519 g/mol. The summed E-state index contributed by atoms with van der Waals surface area (Å²) < 4.78 is 18.0. The SMILES string of the molecule is C=CCOc1ccc(C2C(C(=O)OCC)=C(C)N=c3s/c(=C/c4ccc(OC(C)=O)cc4)c(=O)n32)cc1. The Morgan fingerprint density at radius 1 is 1.11 bits per heavy atom. The molecule has 8 nitrogen and oxygen atoms in total. The number of benzene rings is 2. The molecule has 9 heteroatoms. The number of fused-ring (bicyclic) bond motifs is 1. The maximum Gasteiger partial charge on any atom is 0.338 e. The number of hydrogen-bond donors (Lipinski definition) is 0. The van der Waals surface area contributed by atoms with E-state index in [-0.39, 0.29) is 12.2 Å². The maximum absolute atomic E-state index is 13.7. The van der Waals surface area contributed by atoms with Gasteiger partial charge >= 0.3 is 11.9 Å². The second-order valence-electron chi connectivity index (χ2n) is 8.13. The smallest absolute Gasteiger partial charge is 0.338 e. The van der Waals surface area contributed by atoms with Crippen molar-refractivity contribution >= 4 is 29.4 Å². The van der Waals surface area contributed by atoms with E-state index >= 15 is 0 Å². The van der Waals surface area contributed by atoms with Crippen molar-refractivity contribution in [3.63, 3.8) is 0 Å². The molecule has 0 bridgehead atoms. The van der Waals surface area contributed by atoms with E-state index in [1.165, 1.54) is 22.8 Å². The van der Waals surface area contributed by atoms with Gasteiger partial charge in [0.1, 0.15) is 18.1 Å². The Bertz CT molecular complexity index is 1550. The second kappa shape index (κ2) is 11.2. The van der Waals surface area contributed by atoms with Gasteiger partial charge in [-0.3, -0.25) is 14.2 Å². The first-order chi connectivity index (χ1) is 17.8. The molecule has 0 saturated carbocycles. The van der Waals surface area contributed by atoms with Crippen LogP contribution < -0.4 is 24.4 Å². The molecule has 0 spiro atoms. The molecule has 2 heterocycles. The van der Waals surface area contributed by atoms with E-state index in [2.05, 4.69) is 11.6 Å². The highest BCUT2D eigenvalue weighted by molar-refractivity contribution is 7.07. The van der Waals surface area contributed by atoms with Crippen LogP contribution in [-0.2, 0) is 14.3 Å². The lowest BCUT2D eigenvalue weighted by molar-refractivity contribution is -0.139. The molecular formula is C28H26N2O6S. The predicted octanol–water partition coefficient (Wildman–Crippen LogP) is 3.29. The Kier molecular flexibility index (Phi) is 7.83. The van der Waals surface area contributed by atoms with Crippen molar-refractivity contribution in [1.29, 1.82) is 0 Å². The Morgan fingerprint density at radius 2 is 1.78 bits per heavy atom. The molecule has 0 saturated heterocycles. The molecule has 0 radical (unpaired) electrons. The van der Waals surface area contributed by atoms with Crippen molar-refractivity contribution in [2.75, 3.05) is 13.2 Å². The quantitative estimate of drug-likeness (QED) is 0.258. The minimum absolute atomic E-state index is 0.199. The average Bonchev–Trinajstić information content (AvgIpc) is 3.17. The largest absolute Gasteiger partial charge is 0.490 e. The van der Waals surface area contributed by atoms with Gasteiger partial charge in [-0.05, 0) is 55.3 Å². The molecule has 2 aromatic carbocycles. The first-order valence-corrected chi connectivity index (χ1v) is 12.5. The molecule has 3 aromatic rings. The van der Waals surface area contributed by atoms with Gasteiger partial charge < -0.3 is 14.2 Å². The number of carbonyl (C=O) groups is 2. The van der Waals surface area contributed by atoms with Crippen molar-refractivity contribution in [3.05, 3.63) is 103 Å². The number of esters is 2. The van der Waals surface area contributed by atoms with E-state index in [0.29, 0.717) is 38.7 Å². The van der Waals surface area contributed by atoms with Crippen molar-refractivity contribution in [2.45, 2.75) is 26.8 Å². The summed E-state index contributed by atoms with van der Waals surface area (Å²) in [4.78, 5) is 42.9. The van der Waals surface area contributed by atoms with Gasteiger partial charge in [-0.1, -0.05) is 48.3 Å². The third-order valence-electron chi connectivity index (χ3n) is 5.52. The van der Waals surface area contributed by atoms with Crippen molar-refractivity contribution in [3.8, 4) is 11.5 Å². The summed E-state index contributed by atoms with van der Waals surface area (Å²) >= 11 is 1.24. The predicted molar refractivity (Wildman–Crippen MR) is 140 cm³/mol. The highest BCUT2D eigenvalue weighted by Crippen LogP contribution is 2.31. The zero-order chi connectivity index (χ0) is 26.5. The molecule has 0 fully saturated rings. The number of thiazole rings is 1. The van der Waals surface area contributed by atoms with Crippen LogP contribution in [0.15, 0.2) is 82.2 Å². The first-order valence-electron chi connectivity index (χ1n) is 11.6. The molecule has 37 heavy (non-hydrogen) atoms. The van der Waals surface area contributed by atoms with Gasteiger partial charge in [-0.15, -0.1) is 0 Å². The fourth-order valence-corrected chi connectivity index (χ4v) is 5.00. The molecular weight excluding hydrogens is 492 g/mol. The summed E-state index contributed by atoms with van der Waals surface area (Å²) in [6, 6.07) is 13.3. The third kappa shape index (κ3) is 5.62. The fourth-order valence-electron chi connectivity index (χ4n) is 3.96. The molecule has 1 aliphatic heterocycles. The summed E-state index contributed by atoms with van der Waals surface area (Å²) in [6.45, 7) is 9.02. The van der Waals surface area contributed by atoms with Crippen LogP contribution >= 0.6 is 11.3 Å². The second-order valence-corrected chi connectivity index (χ2v) is 9.14. The standard InChI is InChI=1S/C28H26N2O6S/c1-5-15-35-21-13-9-20(10-14-21)25-24(27(33)34-6-2)17(3)29-28-30(25)26(32)23(37-28)16-19-7-11-22(12-8-19)36-18(4)31/h5,7-14,16,25H,1,6,15H2,2-4H3/b23-16+. The monoisotopic (exact) mass is 518 g/mol. The molecule has 1 unspecified atom stereocenters. The summed E-state index contributed by atoms with van der Waals surface area (Å²) in [5.74, 6) is 0.137. The lowest BCUT2D eigenvalue weighted by Crippen LogP contribution is -2.39. The zero-order valence-corrected chi connectivity index (χ0v) is 21.5. The van der Waals surface area contributed by atoms with Crippen LogP contribution in [0.1, 0.15) is 37.9 Å². The number of rotatable bonds is 8. The lowest BCUT2D eigenvalue weighted by atomic mass is 9.96. The number of carbonyl (C=O) groups excluding carboxylic acids is 2. The van der Waals surface area contributed by atoms with Crippen LogP contribution in [0.2, 0.25) is 0 Å². The normalized spacial score (nSPS) is 15.0. The minimum Gasteiger partial charge on any atom is -0.490 e. The molecule has 1 atom stereocenters. The van der Waals surface area contributed by atoms with Gasteiger partial charge in [0, 0.05) is 6.92 Å². The van der Waals surface area contributed by atoms with Gasteiger partial charge in [0.25, 0.3) is 5.56 Å². The van der Waals surface area contributed by atoms with Crippen LogP contribution in [0.5, 0.6) is 11.5 Å². The molecule has 190 valence electrons. The Hall–Kier alpha value is -4.24. The minimum atomic E-state index is -0.711. The summed E-state index contributed by atoms with van der Waals surface area (Å²) in [7, 11) is 0. The molecule has 4 rings (SSSR count). The molecule has 0 aliphatic carbocycles. The number of allylic oxidation sites excluding steroid dienone is 1. The Morgan fingerprint density at radius 3 is 2.41 bits per heavy atom. The highest BCUT2D eigenvalue weighted by Gasteiger charge is 2.33. The van der Waals surface area contributed by atoms with E-state index in [9.17, 15) is 14.4 Å². The molecule has 0 amide bonds. The van der Waals surface area contributed by atoms with E-state index in [1.54, 1.807) is 62.4 Å². The van der Waals surface area contributed by atoms with Crippen molar-refractivity contribution in [2.24, 2.45) is 4.99 Å². The van der Waals surface area contributed by atoms with Gasteiger partial charge in [0.05, 0.1) is 28.5 Å². The molecule has 1 aromatic heterocycles. The number of aromatic nitrogens is 1. The van der Waals surface area contributed by atoms with Gasteiger partial charge in [0.15, 0.2) is 4.80 Å². The number of hydrogen-bond acceptors (Lipinski definition) is 8. The number of ether oxygens (including phenoxy) is 3. The van der Waals surface area contributed by atoms with Crippen molar-refractivity contribution < 1.29 is 23.8 Å². The van der Waals surface area contributed by atoms with Gasteiger partial charge in [-0.2, -0.15) is 0 Å². The summed E-state index contributed by atoms with van der Waals surface area (Å²) in [5, 5.41) is 0. The van der Waals surface area contributed by atoms with E-state index in [0.717, 1.165) is 11.1 Å². The Balaban J connectivity index is 1.82. The van der Waals surface area contributed by atoms with E-state index in [1.807, 2.05) is 12.1 Å². The van der Waals surface area contributed by atoms with Crippen LogP contribution in [0.3, 0.4) is 0 Å². The maximum atomic E-state index is 13.7. The zero-order valence-electron chi connectivity index (χ0n) is 20.7. The highest BCUT2D eigenvalue weighted by atomic mass is 32.1. The fraction of sp³-hybridized carbons (Fsp3) is 0.214. The van der Waals surface area contributed by atoms with Crippen molar-refractivity contribution in [1.82, 2.24) is 4.57 Å². The van der Waals surface area contributed by atoms with Crippen LogP contribution in [0.25, 0.3) is 6.08 Å². The van der Waals surface area contributed by atoms with E-state index in [4.69, 9.17) is 14.2 Å². The summed E-state index contributed by atoms with van der Waals surface area (Å²) in [5.41, 5.74) is 2.00. The van der Waals surface area contributed by atoms with Gasteiger partial charge in [0.2, 0.25) is 0 Å². The topological polar surface area (TPSA) is 96.2 Å². The molecule has 1 aliphatic rings. The third-order valence-corrected chi connectivity index (χ3v) is 6.50. The molecule has 0 N–H and O–H groups in total. The van der Waals surface area contributed by atoms with E-state index < -0.39 is 18.0 Å². The lowest BCUT2D eigenvalue weighted by Gasteiger charge is -2.24. The Labute approximate surface area is 217 Å². The van der Waals surface area contributed by atoms with Gasteiger partial charge in [-0.25, -0.2) is 9.79 Å². The number of nitrogens with zero attached hydrogens (tertiary/aromatic N) is 2. The summed E-state index contributed by atoms with van der Waals surface area (Å²) in [6.07, 6.45) is 3.40.